The van der Waals surface area contributed by atoms with Crippen molar-refractivity contribution >= 4 is 5.97 Å². The highest BCUT2D eigenvalue weighted by molar-refractivity contribution is 5.82. The number of nitrogens with zero attached hydrogens (tertiary/aromatic N) is 1. The molecule has 0 amide bonds. The van der Waals surface area contributed by atoms with Crippen LogP contribution in [0.4, 0.5) is 0 Å². The summed E-state index contributed by atoms with van der Waals surface area (Å²) in [6, 6.07) is 0.492. The molecule has 0 saturated heterocycles. The molecule has 0 aliphatic heterocycles. The molecule has 0 heterocycles. The van der Waals surface area contributed by atoms with Crippen LogP contribution in [0.25, 0.3) is 0 Å². The summed E-state index contributed by atoms with van der Waals surface area (Å²) in [6.07, 6.45) is 4.57. The van der Waals surface area contributed by atoms with Gasteiger partial charge in [-0.25, -0.2) is 4.79 Å². The number of likely N-dealkylation sites (N-methyl/N-ethyl adjacent to an activating group) is 2. The van der Waals surface area contributed by atoms with Gasteiger partial charge in [0.15, 0.2) is 0 Å². The van der Waals surface area contributed by atoms with Crippen LogP contribution in [0.1, 0.15) is 46.5 Å². The van der Waals surface area contributed by atoms with Gasteiger partial charge in [-0.05, 0) is 53.1 Å². The van der Waals surface area contributed by atoms with Crippen LogP contribution in [0, 0.1) is 5.92 Å². The Labute approximate surface area is 117 Å². The van der Waals surface area contributed by atoms with E-state index in [4.69, 9.17) is 4.74 Å². The number of carbonyl (C=O) groups excluding carboxylic acids is 1. The summed E-state index contributed by atoms with van der Waals surface area (Å²) in [5, 5.41) is 3.27. The van der Waals surface area contributed by atoms with Crippen LogP contribution in [-0.2, 0) is 9.53 Å². The fraction of sp³-hybridized carbons (Fsp3) is 0.933. The largest absolute Gasteiger partial charge is 0.465 e. The van der Waals surface area contributed by atoms with Crippen molar-refractivity contribution < 1.29 is 9.53 Å². The van der Waals surface area contributed by atoms with Gasteiger partial charge in [0.1, 0.15) is 5.54 Å². The second-order valence-corrected chi connectivity index (χ2v) is 5.77. The van der Waals surface area contributed by atoms with Crippen LogP contribution in [-0.4, -0.2) is 49.7 Å². The second kappa shape index (κ2) is 7.25. The Morgan fingerprint density at radius 2 is 2.11 bits per heavy atom. The highest BCUT2D eigenvalue weighted by Gasteiger charge is 2.51. The fourth-order valence-corrected chi connectivity index (χ4v) is 2.77. The SMILES string of the molecule is CCCC(C)N(C)CC(NC)(C(=O)OCC)C1CC1. The summed E-state index contributed by atoms with van der Waals surface area (Å²) in [4.78, 5) is 14.7. The van der Waals surface area contributed by atoms with Crippen molar-refractivity contribution in [2.75, 3.05) is 27.2 Å². The summed E-state index contributed by atoms with van der Waals surface area (Å²) in [5.41, 5.74) is -0.521. The molecule has 0 aromatic rings. The smallest absolute Gasteiger partial charge is 0.327 e. The van der Waals surface area contributed by atoms with E-state index in [1.54, 1.807) is 0 Å². The van der Waals surface area contributed by atoms with Gasteiger partial charge in [0.05, 0.1) is 6.61 Å². The molecule has 1 aliphatic rings. The Morgan fingerprint density at radius 3 is 2.53 bits per heavy atom. The molecule has 4 nitrogen and oxygen atoms in total. The number of rotatable bonds is 9. The van der Waals surface area contributed by atoms with Crippen molar-refractivity contribution in [3.63, 3.8) is 0 Å². The van der Waals surface area contributed by atoms with Gasteiger partial charge in [0.25, 0.3) is 0 Å². The van der Waals surface area contributed by atoms with E-state index < -0.39 is 5.54 Å². The normalized spacial score (nSPS) is 20.1. The highest BCUT2D eigenvalue weighted by Crippen LogP contribution is 2.41. The molecular weight excluding hydrogens is 240 g/mol. The molecule has 112 valence electrons. The van der Waals surface area contributed by atoms with E-state index in [-0.39, 0.29) is 5.97 Å². The predicted molar refractivity (Wildman–Crippen MR) is 78.1 cm³/mol. The Morgan fingerprint density at radius 1 is 1.47 bits per heavy atom. The lowest BCUT2D eigenvalue weighted by Gasteiger charge is -2.37. The Kier molecular flexibility index (Phi) is 6.27. The van der Waals surface area contributed by atoms with E-state index in [1.165, 1.54) is 6.42 Å². The van der Waals surface area contributed by atoms with Crippen molar-refractivity contribution in [3.05, 3.63) is 0 Å². The zero-order valence-corrected chi connectivity index (χ0v) is 13.2. The van der Waals surface area contributed by atoms with Gasteiger partial charge >= 0.3 is 5.97 Å². The minimum atomic E-state index is -0.521. The van der Waals surface area contributed by atoms with E-state index in [0.717, 1.165) is 25.8 Å². The Hall–Kier alpha value is -0.610. The monoisotopic (exact) mass is 270 g/mol. The quantitative estimate of drug-likeness (QED) is 0.651. The van der Waals surface area contributed by atoms with Crippen molar-refractivity contribution in [2.24, 2.45) is 5.92 Å². The third kappa shape index (κ3) is 3.93. The van der Waals surface area contributed by atoms with E-state index in [0.29, 0.717) is 18.6 Å². The molecule has 4 heteroatoms. The molecule has 2 atom stereocenters. The van der Waals surface area contributed by atoms with Crippen LogP contribution >= 0.6 is 0 Å². The lowest BCUT2D eigenvalue weighted by atomic mass is 9.91. The lowest BCUT2D eigenvalue weighted by molar-refractivity contribution is -0.153. The molecule has 0 radical (unpaired) electrons. The molecule has 2 unspecified atom stereocenters. The molecule has 1 N–H and O–H groups in total. The van der Waals surface area contributed by atoms with Gasteiger partial charge in [-0.3, -0.25) is 0 Å². The Balaban J connectivity index is 2.76. The molecule has 1 aliphatic carbocycles. The summed E-state index contributed by atoms with van der Waals surface area (Å²) < 4.78 is 5.31. The van der Waals surface area contributed by atoms with Crippen LogP contribution in [0.2, 0.25) is 0 Å². The van der Waals surface area contributed by atoms with Crippen molar-refractivity contribution in [2.45, 2.75) is 58.0 Å². The second-order valence-electron chi connectivity index (χ2n) is 5.77. The topological polar surface area (TPSA) is 41.6 Å². The van der Waals surface area contributed by atoms with E-state index >= 15 is 0 Å². The summed E-state index contributed by atoms with van der Waals surface area (Å²) >= 11 is 0. The predicted octanol–water partition coefficient (Wildman–Crippen LogP) is 2.04. The van der Waals surface area contributed by atoms with E-state index in [2.05, 4.69) is 31.1 Å². The van der Waals surface area contributed by atoms with Gasteiger partial charge in [-0.2, -0.15) is 0 Å². The van der Waals surface area contributed by atoms with Crippen molar-refractivity contribution in [1.29, 1.82) is 0 Å². The van der Waals surface area contributed by atoms with Gasteiger partial charge in [0, 0.05) is 12.6 Å². The molecule has 1 rings (SSSR count). The number of esters is 1. The maximum atomic E-state index is 12.4. The molecule has 0 bridgehead atoms. The average Bonchev–Trinajstić information content (AvgIpc) is 3.20. The number of ether oxygens (including phenoxy) is 1. The van der Waals surface area contributed by atoms with Gasteiger partial charge in [-0.1, -0.05) is 13.3 Å². The molecule has 0 aromatic carbocycles. The first-order valence-electron chi connectivity index (χ1n) is 7.58. The van der Waals surface area contributed by atoms with Gasteiger partial charge in [0.2, 0.25) is 0 Å². The number of carbonyl (C=O) groups is 1. The molecule has 19 heavy (non-hydrogen) atoms. The molecule has 0 aromatic heterocycles. The average molecular weight is 270 g/mol. The Bertz CT molecular complexity index is 292. The first-order valence-corrected chi connectivity index (χ1v) is 7.58. The van der Waals surface area contributed by atoms with Crippen LogP contribution < -0.4 is 5.32 Å². The summed E-state index contributed by atoms with van der Waals surface area (Å²) in [7, 11) is 3.99. The first-order chi connectivity index (χ1) is 9.01. The van der Waals surface area contributed by atoms with Crippen molar-refractivity contribution in [1.82, 2.24) is 10.2 Å². The zero-order valence-electron chi connectivity index (χ0n) is 13.2. The summed E-state index contributed by atoms with van der Waals surface area (Å²) in [5.74, 6) is 0.336. The molecule has 1 fully saturated rings. The van der Waals surface area contributed by atoms with Crippen LogP contribution in [0.15, 0.2) is 0 Å². The number of hydrogen-bond donors (Lipinski definition) is 1. The third-order valence-corrected chi connectivity index (χ3v) is 4.32. The standard InChI is InChI=1S/C15H30N2O2/c1-6-8-12(3)17(5)11-15(16-4,13-9-10-13)14(18)19-7-2/h12-13,16H,6-11H2,1-5H3. The third-order valence-electron chi connectivity index (χ3n) is 4.32. The summed E-state index contributed by atoms with van der Waals surface area (Å²) in [6.45, 7) is 7.47. The molecular formula is C15H30N2O2. The fourth-order valence-electron chi connectivity index (χ4n) is 2.77. The number of nitrogens with one attached hydrogen (secondary N) is 1. The highest BCUT2D eigenvalue weighted by atomic mass is 16.5. The number of hydrogen-bond acceptors (Lipinski definition) is 4. The maximum Gasteiger partial charge on any atom is 0.327 e. The minimum Gasteiger partial charge on any atom is -0.465 e. The molecule has 0 spiro atoms. The minimum absolute atomic E-state index is 0.0875. The first kappa shape index (κ1) is 16.4. The maximum absolute atomic E-state index is 12.4. The molecule has 1 saturated carbocycles. The van der Waals surface area contributed by atoms with E-state index in [9.17, 15) is 4.79 Å². The van der Waals surface area contributed by atoms with Crippen LogP contribution in [0.5, 0.6) is 0 Å². The van der Waals surface area contributed by atoms with Crippen LogP contribution in [0.3, 0.4) is 0 Å². The van der Waals surface area contributed by atoms with Gasteiger partial charge in [-0.15, -0.1) is 0 Å². The lowest BCUT2D eigenvalue weighted by Crippen LogP contribution is -2.60. The van der Waals surface area contributed by atoms with E-state index in [1.807, 2.05) is 14.0 Å². The van der Waals surface area contributed by atoms with Gasteiger partial charge < -0.3 is 15.0 Å². The zero-order chi connectivity index (χ0) is 14.5. The van der Waals surface area contributed by atoms with Crippen molar-refractivity contribution in [3.8, 4) is 0 Å².